The summed E-state index contributed by atoms with van der Waals surface area (Å²) in [5, 5.41) is 0. The summed E-state index contributed by atoms with van der Waals surface area (Å²) in [6, 6.07) is 22.8. The van der Waals surface area contributed by atoms with Crippen LogP contribution in [0.1, 0.15) is 82.0 Å². The summed E-state index contributed by atoms with van der Waals surface area (Å²) in [7, 11) is 0. The van der Waals surface area contributed by atoms with Crippen molar-refractivity contribution in [3.63, 3.8) is 0 Å². The number of anilines is 1. The molecule has 0 N–H and O–H groups in total. The molecule has 4 rings (SSSR count). The Morgan fingerprint density at radius 1 is 0.763 bits per heavy atom. The maximum absolute atomic E-state index is 12.6. The van der Waals surface area contributed by atoms with Crippen LogP contribution < -0.4 is 14.4 Å². The summed E-state index contributed by atoms with van der Waals surface area (Å²) in [6.45, 7) is 5.02. The molecule has 5 heteroatoms. The van der Waals surface area contributed by atoms with Crippen LogP contribution in [0.2, 0.25) is 0 Å². The van der Waals surface area contributed by atoms with Crippen molar-refractivity contribution < 1.29 is 19.1 Å². The van der Waals surface area contributed by atoms with Crippen LogP contribution in [0.25, 0.3) is 11.1 Å². The number of β-lactam (4-membered cyclic amide) rings is 1. The molecular weight excluding hydrogens is 474 g/mol. The van der Waals surface area contributed by atoms with E-state index in [-0.39, 0.29) is 11.9 Å². The van der Waals surface area contributed by atoms with Gasteiger partial charge in [-0.1, -0.05) is 76.1 Å². The number of ether oxygens (including phenoxy) is 2. The lowest BCUT2D eigenvalue weighted by Gasteiger charge is -2.38. The molecule has 1 aliphatic heterocycles. The van der Waals surface area contributed by atoms with Crippen molar-refractivity contribution >= 4 is 17.6 Å². The van der Waals surface area contributed by atoms with Gasteiger partial charge in [0, 0.05) is 18.2 Å². The number of nitrogens with zero attached hydrogens (tertiary/aromatic N) is 1. The van der Waals surface area contributed by atoms with Gasteiger partial charge in [0.2, 0.25) is 5.91 Å². The number of carbonyl (C=O) groups excluding carboxylic acids is 2. The van der Waals surface area contributed by atoms with E-state index in [1.54, 1.807) is 41.3 Å². The van der Waals surface area contributed by atoms with Crippen LogP contribution in [0.4, 0.5) is 5.69 Å². The van der Waals surface area contributed by atoms with Crippen LogP contribution in [-0.4, -0.2) is 24.5 Å². The van der Waals surface area contributed by atoms with E-state index in [0.29, 0.717) is 17.7 Å². The predicted molar refractivity (Wildman–Crippen MR) is 153 cm³/mol. The molecular formula is C33H39NO4. The lowest BCUT2D eigenvalue weighted by atomic mass is 10.0. The van der Waals surface area contributed by atoms with Crippen molar-refractivity contribution in [1.29, 1.82) is 0 Å². The molecule has 3 aromatic rings. The topological polar surface area (TPSA) is 55.8 Å². The summed E-state index contributed by atoms with van der Waals surface area (Å²) < 4.78 is 11.5. The van der Waals surface area contributed by atoms with Crippen LogP contribution >= 0.6 is 0 Å². The van der Waals surface area contributed by atoms with Gasteiger partial charge in [-0.05, 0) is 73.0 Å². The molecule has 3 aromatic carbocycles. The molecule has 1 unspecified atom stereocenters. The van der Waals surface area contributed by atoms with E-state index in [4.69, 9.17) is 9.47 Å². The highest BCUT2D eigenvalue weighted by Gasteiger charge is 2.33. The van der Waals surface area contributed by atoms with Crippen molar-refractivity contribution in [1.82, 2.24) is 0 Å². The fourth-order valence-electron chi connectivity index (χ4n) is 4.78. The standard InChI is InChI=1S/C33H39NO4/c1-3-4-5-6-7-8-9-10-23-37-30-19-13-26(14-20-30)27-15-21-31(22-16-27)38-33(36)28-11-17-29(18-12-28)34-25(2)24-32(34)35/h11-22,25H,3-10,23-24H2,1-2H3. The van der Waals surface area contributed by atoms with E-state index in [1.807, 2.05) is 31.2 Å². The average molecular weight is 514 g/mol. The van der Waals surface area contributed by atoms with Gasteiger partial charge >= 0.3 is 5.97 Å². The van der Waals surface area contributed by atoms with E-state index in [0.717, 1.165) is 35.6 Å². The molecule has 1 fully saturated rings. The second kappa shape index (κ2) is 13.8. The molecule has 5 nitrogen and oxygen atoms in total. The first kappa shape index (κ1) is 27.4. The van der Waals surface area contributed by atoms with E-state index in [9.17, 15) is 9.59 Å². The first-order valence-corrected chi connectivity index (χ1v) is 14.0. The number of unbranched alkanes of at least 4 members (excludes halogenated alkanes) is 7. The zero-order valence-corrected chi connectivity index (χ0v) is 22.7. The lowest BCUT2D eigenvalue weighted by Crippen LogP contribution is -2.51. The number of hydrogen-bond acceptors (Lipinski definition) is 4. The Hall–Kier alpha value is -3.60. The average Bonchev–Trinajstić information content (AvgIpc) is 2.93. The first-order chi connectivity index (χ1) is 18.5. The number of carbonyl (C=O) groups is 2. The lowest BCUT2D eigenvalue weighted by molar-refractivity contribution is -0.123. The third-order valence-electron chi connectivity index (χ3n) is 7.08. The highest BCUT2D eigenvalue weighted by Crippen LogP contribution is 2.28. The van der Waals surface area contributed by atoms with E-state index in [2.05, 4.69) is 19.1 Å². The Balaban J connectivity index is 1.21. The predicted octanol–water partition coefficient (Wildman–Crippen LogP) is 8.22. The maximum Gasteiger partial charge on any atom is 0.343 e. The van der Waals surface area contributed by atoms with Crippen LogP contribution in [0.3, 0.4) is 0 Å². The molecule has 0 saturated carbocycles. The summed E-state index contributed by atoms with van der Waals surface area (Å²) in [5.74, 6) is 1.06. The van der Waals surface area contributed by atoms with Crippen LogP contribution in [0.5, 0.6) is 11.5 Å². The zero-order chi connectivity index (χ0) is 26.7. The van der Waals surface area contributed by atoms with Gasteiger partial charge in [0.1, 0.15) is 11.5 Å². The van der Waals surface area contributed by atoms with Gasteiger partial charge in [0.15, 0.2) is 0 Å². The van der Waals surface area contributed by atoms with Crippen LogP contribution in [-0.2, 0) is 4.79 Å². The van der Waals surface area contributed by atoms with Crippen molar-refractivity contribution in [2.45, 2.75) is 77.7 Å². The molecule has 1 amide bonds. The van der Waals surface area contributed by atoms with Gasteiger partial charge < -0.3 is 14.4 Å². The normalized spacial score (nSPS) is 14.7. The molecule has 0 radical (unpaired) electrons. The summed E-state index contributed by atoms with van der Waals surface area (Å²) in [5.41, 5.74) is 3.37. The van der Waals surface area contributed by atoms with Gasteiger partial charge in [0.25, 0.3) is 0 Å². The minimum Gasteiger partial charge on any atom is -0.494 e. The third-order valence-corrected chi connectivity index (χ3v) is 7.08. The number of amides is 1. The Labute approximate surface area is 226 Å². The smallest absolute Gasteiger partial charge is 0.343 e. The Kier molecular flexibility index (Phi) is 9.97. The number of esters is 1. The second-order valence-corrected chi connectivity index (χ2v) is 10.1. The van der Waals surface area contributed by atoms with Crippen molar-refractivity contribution in [3.8, 4) is 22.6 Å². The summed E-state index contributed by atoms with van der Waals surface area (Å²) in [6.07, 6.45) is 10.9. The monoisotopic (exact) mass is 513 g/mol. The molecule has 1 aliphatic rings. The molecule has 0 spiro atoms. The highest BCUT2D eigenvalue weighted by molar-refractivity contribution is 6.01. The van der Waals surface area contributed by atoms with Crippen LogP contribution in [0, 0.1) is 0 Å². The van der Waals surface area contributed by atoms with Gasteiger partial charge in [-0.3, -0.25) is 4.79 Å². The molecule has 1 saturated heterocycles. The van der Waals surface area contributed by atoms with E-state index in [1.165, 1.54) is 44.9 Å². The summed E-state index contributed by atoms with van der Waals surface area (Å²) >= 11 is 0. The van der Waals surface area contributed by atoms with Crippen LogP contribution in [0.15, 0.2) is 72.8 Å². The third kappa shape index (κ3) is 7.47. The van der Waals surface area contributed by atoms with Gasteiger partial charge in [-0.2, -0.15) is 0 Å². The fraction of sp³-hybridized carbons (Fsp3) is 0.394. The largest absolute Gasteiger partial charge is 0.494 e. The highest BCUT2D eigenvalue weighted by atomic mass is 16.5. The number of benzene rings is 3. The maximum atomic E-state index is 12.6. The second-order valence-electron chi connectivity index (χ2n) is 10.1. The van der Waals surface area contributed by atoms with Crippen molar-refractivity contribution in [3.05, 3.63) is 78.4 Å². The molecule has 0 aromatic heterocycles. The molecule has 1 atom stereocenters. The number of rotatable bonds is 14. The molecule has 1 heterocycles. The Morgan fingerprint density at radius 2 is 1.32 bits per heavy atom. The first-order valence-electron chi connectivity index (χ1n) is 14.0. The fourth-order valence-corrected chi connectivity index (χ4v) is 4.78. The van der Waals surface area contributed by atoms with E-state index >= 15 is 0 Å². The van der Waals surface area contributed by atoms with Crippen molar-refractivity contribution in [2.75, 3.05) is 11.5 Å². The van der Waals surface area contributed by atoms with Gasteiger partial charge in [-0.25, -0.2) is 4.79 Å². The zero-order valence-electron chi connectivity index (χ0n) is 22.7. The number of hydrogen-bond donors (Lipinski definition) is 0. The van der Waals surface area contributed by atoms with E-state index < -0.39 is 5.97 Å². The van der Waals surface area contributed by atoms with Gasteiger partial charge in [0.05, 0.1) is 12.2 Å². The molecule has 200 valence electrons. The molecule has 0 bridgehead atoms. The minimum atomic E-state index is -0.426. The summed E-state index contributed by atoms with van der Waals surface area (Å²) in [4.78, 5) is 26.1. The SMILES string of the molecule is CCCCCCCCCCOc1ccc(-c2ccc(OC(=O)c3ccc(N4C(=O)CC4C)cc3)cc2)cc1. The minimum absolute atomic E-state index is 0.105. The molecule has 0 aliphatic carbocycles. The molecule has 38 heavy (non-hydrogen) atoms. The Morgan fingerprint density at radius 3 is 1.87 bits per heavy atom. The van der Waals surface area contributed by atoms with Crippen molar-refractivity contribution in [2.24, 2.45) is 0 Å². The van der Waals surface area contributed by atoms with Gasteiger partial charge in [-0.15, -0.1) is 0 Å². The Bertz CT molecular complexity index is 1170. The quantitative estimate of drug-likeness (QED) is 0.0943.